The lowest BCUT2D eigenvalue weighted by Crippen LogP contribution is -2.45. The summed E-state index contributed by atoms with van der Waals surface area (Å²) >= 11 is 0. The lowest BCUT2D eigenvalue weighted by Gasteiger charge is -2.34. The third kappa shape index (κ3) is 5.78. The van der Waals surface area contributed by atoms with Crippen LogP contribution >= 0.6 is 0 Å². The second-order valence-corrected chi connectivity index (χ2v) is 9.78. The Bertz CT molecular complexity index is 862. The largest absolute Gasteiger partial charge is 0.447 e. The highest BCUT2D eigenvalue weighted by Gasteiger charge is 2.26. The molecule has 1 saturated carbocycles. The molecule has 2 aromatic rings. The van der Waals surface area contributed by atoms with Gasteiger partial charge in [-0.2, -0.15) is 0 Å². The van der Waals surface area contributed by atoms with Crippen molar-refractivity contribution in [1.82, 2.24) is 19.7 Å². The average molecular weight is 439 g/mol. The fourth-order valence-corrected chi connectivity index (χ4v) is 4.86. The number of carbonyl (C=O) groups is 1. The number of hydrogen-bond acceptors (Lipinski definition) is 5. The molecule has 6 heteroatoms. The van der Waals surface area contributed by atoms with Crippen LogP contribution in [0, 0.1) is 0 Å². The summed E-state index contributed by atoms with van der Waals surface area (Å²) in [4.78, 5) is 24.1. The van der Waals surface area contributed by atoms with E-state index in [0.29, 0.717) is 30.1 Å². The molecule has 1 amide bonds. The third-order valence-corrected chi connectivity index (χ3v) is 7.09. The summed E-state index contributed by atoms with van der Waals surface area (Å²) in [6.07, 6.45) is 7.43. The van der Waals surface area contributed by atoms with E-state index in [2.05, 4.69) is 52.9 Å². The van der Waals surface area contributed by atoms with E-state index in [0.717, 1.165) is 45.6 Å². The van der Waals surface area contributed by atoms with Crippen LogP contribution in [0.25, 0.3) is 0 Å². The molecule has 1 aromatic heterocycles. The fourth-order valence-electron chi connectivity index (χ4n) is 4.86. The molecule has 4 rings (SSSR count). The molecule has 6 nitrogen and oxygen atoms in total. The molecular weight excluding hydrogens is 400 g/mol. The monoisotopic (exact) mass is 438 g/mol. The number of rotatable bonds is 7. The molecule has 32 heavy (non-hydrogen) atoms. The molecule has 2 aliphatic rings. The Labute approximate surface area is 192 Å². The van der Waals surface area contributed by atoms with Crippen molar-refractivity contribution in [3.63, 3.8) is 0 Å². The van der Waals surface area contributed by atoms with Gasteiger partial charge in [-0.25, -0.2) is 4.98 Å². The second-order valence-electron chi connectivity index (χ2n) is 9.78. The highest BCUT2D eigenvalue weighted by Crippen LogP contribution is 2.23. The van der Waals surface area contributed by atoms with Gasteiger partial charge in [0.05, 0.1) is 6.54 Å². The second kappa shape index (κ2) is 10.6. The van der Waals surface area contributed by atoms with Crippen molar-refractivity contribution in [3.8, 4) is 0 Å². The van der Waals surface area contributed by atoms with Crippen LogP contribution in [0.1, 0.15) is 79.4 Å². The van der Waals surface area contributed by atoms with Gasteiger partial charge in [-0.1, -0.05) is 57.4 Å². The fraction of sp³-hybridized carbons (Fsp3) is 0.615. The summed E-state index contributed by atoms with van der Waals surface area (Å²) in [6, 6.07) is 9.37. The number of nitrogens with zero attached hydrogens (tertiary/aromatic N) is 4. The molecule has 0 spiro atoms. The predicted octanol–water partition coefficient (Wildman–Crippen LogP) is 4.52. The molecule has 174 valence electrons. The van der Waals surface area contributed by atoms with Crippen LogP contribution in [0.5, 0.6) is 0 Å². The SMILES string of the molecule is CC(C)c1ccc(CN2CCN(Cc3nc(C(=O)N(C)C4CCCCC4)co3)CC2)cc1. The van der Waals surface area contributed by atoms with Crippen molar-refractivity contribution >= 4 is 5.91 Å². The highest BCUT2D eigenvalue weighted by atomic mass is 16.3. The van der Waals surface area contributed by atoms with Gasteiger partial charge >= 0.3 is 0 Å². The standard InChI is InChI=1S/C26H38N4O2/c1-20(2)22-11-9-21(10-12-22)17-29-13-15-30(16-14-29)18-25-27-24(19-32-25)26(31)28(3)23-7-5-4-6-8-23/h9-12,19-20,23H,4-8,13-18H2,1-3H3. The van der Waals surface area contributed by atoms with Crippen LogP contribution in [0.15, 0.2) is 34.9 Å². The minimum absolute atomic E-state index is 0.0137. The van der Waals surface area contributed by atoms with E-state index < -0.39 is 0 Å². The molecule has 2 heterocycles. The molecule has 1 aromatic carbocycles. The van der Waals surface area contributed by atoms with Gasteiger partial charge in [0.25, 0.3) is 5.91 Å². The molecule has 0 N–H and O–H groups in total. The zero-order valence-corrected chi connectivity index (χ0v) is 19.9. The Morgan fingerprint density at radius 1 is 1.03 bits per heavy atom. The zero-order valence-electron chi connectivity index (χ0n) is 19.9. The van der Waals surface area contributed by atoms with Crippen molar-refractivity contribution in [1.29, 1.82) is 0 Å². The molecule has 0 atom stereocenters. The first-order chi connectivity index (χ1) is 15.5. The Hall–Kier alpha value is -2.18. The van der Waals surface area contributed by atoms with Crippen molar-refractivity contribution in [3.05, 3.63) is 53.2 Å². The molecule has 0 unspecified atom stereocenters. The molecule has 0 bridgehead atoms. The van der Waals surface area contributed by atoms with Gasteiger partial charge in [0.1, 0.15) is 6.26 Å². The maximum atomic E-state index is 12.8. The minimum Gasteiger partial charge on any atom is -0.447 e. The van der Waals surface area contributed by atoms with E-state index >= 15 is 0 Å². The van der Waals surface area contributed by atoms with E-state index in [1.807, 2.05) is 11.9 Å². The summed E-state index contributed by atoms with van der Waals surface area (Å²) in [5, 5.41) is 0. The number of carbonyl (C=O) groups excluding carboxylic acids is 1. The number of oxazole rings is 1. The van der Waals surface area contributed by atoms with Crippen molar-refractivity contribution in [2.45, 2.75) is 71.0 Å². The maximum Gasteiger partial charge on any atom is 0.275 e. The Balaban J connectivity index is 1.24. The first-order valence-electron chi connectivity index (χ1n) is 12.2. The highest BCUT2D eigenvalue weighted by molar-refractivity contribution is 5.92. The normalized spacial score (nSPS) is 18.9. The Morgan fingerprint density at radius 2 is 1.66 bits per heavy atom. The number of aromatic nitrogens is 1. The molecular formula is C26H38N4O2. The summed E-state index contributed by atoms with van der Waals surface area (Å²) in [7, 11) is 1.91. The van der Waals surface area contributed by atoms with E-state index in [1.54, 1.807) is 0 Å². The van der Waals surface area contributed by atoms with Gasteiger partial charge < -0.3 is 9.32 Å². The quantitative estimate of drug-likeness (QED) is 0.636. The average Bonchev–Trinajstić information content (AvgIpc) is 3.29. The smallest absolute Gasteiger partial charge is 0.275 e. The van der Waals surface area contributed by atoms with Gasteiger partial charge in [-0.05, 0) is 29.9 Å². The topological polar surface area (TPSA) is 52.8 Å². The molecule has 1 saturated heterocycles. The van der Waals surface area contributed by atoms with E-state index in [-0.39, 0.29) is 5.91 Å². The van der Waals surface area contributed by atoms with Crippen LogP contribution < -0.4 is 0 Å². The van der Waals surface area contributed by atoms with Gasteiger partial charge in [-0.15, -0.1) is 0 Å². The van der Waals surface area contributed by atoms with Crippen molar-refractivity contribution < 1.29 is 9.21 Å². The van der Waals surface area contributed by atoms with E-state index in [1.165, 1.54) is 36.7 Å². The number of piperazine rings is 1. The summed E-state index contributed by atoms with van der Waals surface area (Å²) in [5.41, 5.74) is 3.21. The van der Waals surface area contributed by atoms with Gasteiger partial charge in [-0.3, -0.25) is 14.6 Å². The van der Waals surface area contributed by atoms with Crippen LogP contribution in [0.2, 0.25) is 0 Å². The third-order valence-electron chi connectivity index (χ3n) is 7.09. The number of amides is 1. The first kappa shape index (κ1) is 23.0. The van der Waals surface area contributed by atoms with E-state index in [4.69, 9.17) is 4.42 Å². The number of hydrogen-bond donors (Lipinski definition) is 0. The predicted molar refractivity (Wildman–Crippen MR) is 127 cm³/mol. The van der Waals surface area contributed by atoms with Gasteiger partial charge in [0, 0.05) is 45.8 Å². The van der Waals surface area contributed by atoms with Crippen LogP contribution in [-0.4, -0.2) is 64.9 Å². The lowest BCUT2D eigenvalue weighted by molar-refractivity contribution is 0.0690. The lowest BCUT2D eigenvalue weighted by atomic mass is 9.94. The van der Waals surface area contributed by atoms with Crippen LogP contribution in [-0.2, 0) is 13.1 Å². The van der Waals surface area contributed by atoms with Gasteiger partial charge in [0.2, 0.25) is 5.89 Å². The van der Waals surface area contributed by atoms with E-state index in [9.17, 15) is 4.79 Å². The summed E-state index contributed by atoms with van der Waals surface area (Å²) in [5.74, 6) is 1.20. The Morgan fingerprint density at radius 3 is 2.28 bits per heavy atom. The molecule has 1 aliphatic heterocycles. The molecule has 2 fully saturated rings. The number of benzene rings is 1. The molecule has 0 radical (unpaired) electrons. The Kier molecular flexibility index (Phi) is 7.63. The maximum absolute atomic E-state index is 12.8. The summed E-state index contributed by atoms with van der Waals surface area (Å²) in [6.45, 7) is 10.2. The minimum atomic E-state index is -0.0137. The van der Waals surface area contributed by atoms with Crippen molar-refractivity contribution in [2.24, 2.45) is 0 Å². The van der Waals surface area contributed by atoms with Crippen molar-refractivity contribution in [2.75, 3.05) is 33.2 Å². The zero-order chi connectivity index (χ0) is 22.5. The summed E-state index contributed by atoms with van der Waals surface area (Å²) < 4.78 is 5.67. The molecule has 1 aliphatic carbocycles. The van der Waals surface area contributed by atoms with Crippen LogP contribution in [0.4, 0.5) is 0 Å². The first-order valence-corrected chi connectivity index (χ1v) is 12.2. The van der Waals surface area contributed by atoms with Gasteiger partial charge in [0.15, 0.2) is 5.69 Å². The van der Waals surface area contributed by atoms with Crippen LogP contribution in [0.3, 0.4) is 0 Å².